The largest absolute Gasteiger partial charge is 0.507 e. The van der Waals surface area contributed by atoms with Crippen molar-refractivity contribution in [1.29, 1.82) is 0 Å². The van der Waals surface area contributed by atoms with Crippen molar-refractivity contribution in [2.75, 3.05) is 33.8 Å². The maximum Gasteiger partial charge on any atom is 0.295 e. The van der Waals surface area contributed by atoms with Crippen molar-refractivity contribution < 1.29 is 24.2 Å². The molecule has 1 saturated heterocycles. The standard InChI is InChI=1S/C31H34N2O5/c1-5-37-25-14-11-23(12-15-25)28-27(30(35)31(36)33(28)18-17-32(3)4)29(34)24-13-16-26(21(2)19-24)38-20-22-9-7-6-8-10-22/h6-16,19,28,34H,5,17-18,20H2,1-4H3. The van der Waals surface area contributed by atoms with E-state index < -0.39 is 17.7 Å². The first kappa shape index (κ1) is 26.9. The van der Waals surface area contributed by atoms with Crippen molar-refractivity contribution in [3.63, 3.8) is 0 Å². The lowest BCUT2D eigenvalue weighted by molar-refractivity contribution is -0.140. The number of likely N-dealkylation sites (N-methyl/N-ethyl adjacent to an activating group) is 1. The molecule has 0 aromatic heterocycles. The number of hydrogen-bond donors (Lipinski definition) is 1. The molecule has 7 heteroatoms. The van der Waals surface area contributed by atoms with Gasteiger partial charge in [0.2, 0.25) is 0 Å². The summed E-state index contributed by atoms with van der Waals surface area (Å²) >= 11 is 0. The van der Waals surface area contributed by atoms with Gasteiger partial charge in [0, 0.05) is 18.7 Å². The van der Waals surface area contributed by atoms with Gasteiger partial charge < -0.3 is 24.4 Å². The fourth-order valence-electron chi connectivity index (χ4n) is 4.53. The van der Waals surface area contributed by atoms with Crippen molar-refractivity contribution in [3.05, 3.63) is 101 Å². The van der Waals surface area contributed by atoms with Gasteiger partial charge in [-0.1, -0.05) is 42.5 Å². The van der Waals surface area contributed by atoms with E-state index in [0.29, 0.717) is 43.4 Å². The Labute approximate surface area is 223 Å². The number of benzene rings is 3. The molecular formula is C31H34N2O5. The van der Waals surface area contributed by atoms with Crippen molar-refractivity contribution in [2.24, 2.45) is 0 Å². The van der Waals surface area contributed by atoms with Crippen LogP contribution >= 0.6 is 0 Å². The van der Waals surface area contributed by atoms with Gasteiger partial charge in [-0.3, -0.25) is 9.59 Å². The van der Waals surface area contributed by atoms with Crippen molar-refractivity contribution in [3.8, 4) is 11.5 Å². The number of Topliss-reactive ketones (excluding diaryl/α,β-unsaturated/α-hetero) is 1. The van der Waals surface area contributed by atoms with E-state index in [1.54, 1.807) is 18.2 Å². The first-order valence-corrected chi connectivity index (χ1v) is 12.7. The molecule has 1 heterocycles. The lowest BCUT2D eigenvalue weighted by Crippen LogP contribution is -2.35. The zero-order valence-corrected chi connectivity index (χ0v) is 22.3. The van der Waals surface area contributed by atoms with Gasteiger partial charge in [-0.25, -0.2) is 0 Å². The number of ether oxygens (including phenoxy) is 2. The highest BCUT2D eigenvalue weighted by Crippen LogP contribution is 2.40. The van der Waals surface area contributed by atoms with E-state index in [1.807, 2.05) is 87.4 Å². The van der Waals surface area contributed by atoms with Crippen LogP contribution in [0.5, 0.6) is 11.5 Å². The van der Waals surface area contributed by atoms with E-state index in [2.05, 4.69) is 0 Å². The molecule has 198 valence electrons. The minimum Gasteiger partial charge on any atom is -0.507 e. The molecule has 1 atom stereocenters. The van der Waals surface area contributed by atoms with E-state index in [0.717, 1.165) is 16.7 Å². The number of aliphatic hydroxyl groups is 1. The molecule has 4 rings (SSSR count). The Balaban J connectivity index is 1.69. The summed E-state index contributed by atoms with van der Waals surface area (Å²) in [7, 11) is 3.82. The Hall–Kier alpha value is -4.10. The monoisotopic (exact) mass is 514 g/mol. The number of rotatable bonds is 10. The average molecular weight is 515 g/mol. The Morgan fingerprint density at radius 2 is 1.68 bits per heavy atom. The number of aliphatic hydroxyl groups excluding tert-OH is 1. The quantitative estimate of drug-likeness (QED) is 0.234. The van der Waals surface area contributed by atoms with E-state index in [1.165, 1.54) is 4.90 Å². The summed E-state index contributed by atoms with van der Waals surface area (Å²) in [5.74, 6) is -0.135. The van der Waals surface area contributed by atoms with Crippen LogP contribution in [-0.4, -0.2) is 60.4 Å². The van der Waals surface area contributed by atoms with Crippen LogP contribution in [0.3, 0.4) is 0 Å². The third-order valence-electron chi connectivity index (χ3n) is 6.52. The van der Waals surface area contributed by atoms with Gasteiger partial charge in [-0.05, 0) is 75.0 Å². The van der Waals surface area contributed by atoms with Gasteiger partial charge in [-0.2, -0.15) is 0 Å². The number of carbonyl (C=O) groups is 2. The summed E-state index contributed by atoms with van der Waals surface area (Å²) < 4.78 is 11.5. The summed E-state index contributed by atoms with van der Waals surface area (Å²) in [6, 6.07) is 21.7. The minimum absolute atomic E-state index is 0.0790. The molecule has 38 heavy (non-hydrogen) atoms. The highest BCUT2D eigenvalue weighted by molar-refractivity contribution is 6.46. The normalized spacial score (nSPS) is 16.8. The summed E-state index contributed by atoms with van der Waals surface area (Å²) in [6.07, 6.45) is 0. The van der Waals surface area contributed by atoms with Gasteiger partial charge >= 0.3 is 0 Å². The van der Waals surface area contributed by atoms with Gasteiger partial charge in [0.25, 0.3) is 11.7 Å². The van der Waals surface area contributed by atoms with Gasteiger partial charge in [0.1, 0.15) is 23.9 Å². The number of nitrogens with zero attached hydrogens (tertiary/aromatic N) is 2. The Kier molecular flexibility index (Phi) is 8.48. The van der Waals surface area contributed by atoms with Crippen LogP contribution in [0.15, 0.2) is 78.4 Å². The lowest BCUT2D eigenvalue weighted by Gasteiger charge is -2.26. The van der Waals surface area contributed by atoms with Gasteiger partial charge in [0.05, 0.1) is 18.2 Å². The second-order valence-corrected chi connectivity index (χ2v) is 9.55. The summed E-state index contributed by atoms with van der Waals surface area (Å²) in [5.41, 5.74) is 3.12. The molecule has 1 aliphatic rings. The topological polar surface area (TPSA) is 79.3 Å². The first-order chi connectivity index (χ1) is 18.3. The summed E-state index contributed by atoms with van der Waals surface area (Å²) in [5, 5.41) is 11.4. The van der Waals surface area contributed by atoms with Crippen LogP contribution in [0.1, 0.15) is 35.2 Å². The maximum atomic E-state index is 13.3. The highest BCUT2D eigenvalue weighted by atomic mass is 16.5. The Morgan fingerprint density at radius 3 is 2.32 bits per heavy atom. The zero-order chi connectivity index (χ0) is 27.2. The van der Waals surface area contributed by atoms with Crippen LogP contribution in [0.2, 0.25) is 0 Å². The molecule has 0 spiro atoms. The molecule has 0 aliphatic carbocycles. The SMILES string of the molecule is CCOc1ccc(C2C(=C(O)c3ccc(OCc4ccccc4)c(C)c3)C(=O)C(=O)N2CCN(C)C)cc1. The number of carbonyl (C=O) groups excluding carboxylic acids is 2. The molecule has 7 nitrogen and oxygen atoms in total. The Bertz CT molecular complexity index is 1320. The highest BCUT2D eigenvalue weighted by Gasteiger charge is 2.45. The smallest absolute Gasteiger partial charge is 0.295 e. The van der Waals surface area contributed by atoms with Gasteiger partial charge in [0.15, 0.2) is 0 Å². The molecule has 1 fully saturated rings. The number of amides is 1. The third-order valence-corrected chi connectivity index (χ3v) is 6.52. The van der Waals surface area contributed by atoms with Crippen LogP contribution in [0.4, 0.5) is 0 Å². The maximum absolute atomic E-state index is 13.3. The first-order valence-electron chi connectivity index (χ1n) is 12.7. The molecule has 0 saturated carbocycles. The fraction of sp³-hybridized carbons (Fsp3) is 0.290. The molecule has 1 unspecified atom stereocenters. The summed E-state index contributed by atoms with van der Waals surface area (Å²) in [4.78, 5) is 29.9. The Morgan fingerprint density at radius 1 is 0.974 bits per heavy atom. The van der Waals surface area contributed by atoms with Gasteiger partial charge in [-0.15, -0.1) is 0 Å². The van der Waals surface area contributed by atoms with E-state index in [4.69, 9.17) is 9.47 Å². The lowest BCUT2D eigenvalue weighted by atomic mass is 9.94. The van der Waals surface area contributed by atoms with Crippen LogP contribution < -0.4 is 9.47 Å². The molecule has 0 radical (unpaired) electrons. The number of aryl methyl sites for hydroxylation is 1. The number of hydrogen-bond acceptors (Lipinski definition) is 6. The van der Waals surface area contributed by atoms with E-state index in [9.17, 15) is 14.7 Å². The second-order valence-electron chi connectivity index (χ2n) is 9.55. The molecule has 1 aliphatic heterocycles. The predicted molar refractivity (Wildman–Crippen MR) is 147 cm³/mol. The third kappa shape index (κ3) is 5.89. The molecule has 3 aromatic carbocycles. The van der Waals surface area contributed by atoms with Crippen LogP contribution in [0, 0.1) is 6.92 Å². The van der Waals surface area contributed by atoms with Crippen molar-refractivity contribution in [2.45, 2.75) is 26.5 Å². The second kappa shape index (κ2) is 12.0. The molecule has 1 amide bonds. The zero-order valence-electron chi connectivity index (χ0n) is 22.3. The minimum atomic E-state index is -0.708. The van der Waals surface area contributed by atoms with Crippen LogP contribution in [-0.2, 0) is 16.2 Å². The number of ketones is 1. The van der Waals surface area contributed by atoms with Crippen molar-refractivity contribution in [1.82, 2.24) is 9.80 Å². The molecular weight excluding hydrogens is 480 g/mol. The van der Waals surface area contributed by atoms with E-state index in [-0.39, 0.29) is 11.3 Å². The number of likely N-dealkylation sites (tertiary alicyclic amines) is 1. The molecule has 1 N–H and O–H groups in total. The summed E-state index contributed by atoms with van der Waals surface area (Å²) in [6.45, 7) is 5.66. The fourth-order valence-corrected chi connectivity index (χ4v) is 4.53. The predicted octanol–water partition coefficient (Wildman–Crippen LogP) is 4.96. The molecule has 0 bridgehead atoms. The molecule has 3 aromatic rings. The van der Waals surface area contributed by atoms with Crippen LogP contribution in [0.25, 0.3) is 5.76 Å². The van der Waals surface area contributed by atoms with E-state index >= 15 is 0 Å². The van der Waals surface area contributed by atoms with Crippen molar-refractivity contribution >= 4 is 17.4 Å². The average Bonchev–Trinajstić information content (AvgIpc) is 3.17.